The predicted molar refractivity (Wildman–Crippen MR) is 38.3 cm³/mol. The van der Waals surface area contributed by atoms with Gasteiger partial charge in [-0.15, -0.1) is 0 Å². The van der Waals surface area contributed by atoms with Crippen molar-refractivity contribution in [1.82, 2.24) is 4.98 Å². The highest BCUT2D eigenvalue weighted by Crippen LogP contribution is 2.11. The lowest BCUT2D eigenvalue weighted by molar-refractivity contribution is 0.467. The molecule has 1 aromatic rings. The minimum Gasteiger partial charge on any atom is -0.410 e. The Hall–Kier alpha value is -1.58. The number of aromatic amines is 1. The van der Waals surface area contributed by atoms with E-state index in [-0.39, 0.29) is 5.56 Å². The van der Waals surface area contributed by atoms with Crippen molar-refractivity contribution in [2.75, 3.05) is 0 Å². The average Bonchev–Trinajstić information content (AvgIpc) is 2.34. The summed E-state index contributed by atoms with van der Waals surface area (Å²) in [6, 6.07) is 0. The molecule has 1 aliphatic carbocycles. The van der Waals surface area contributed by atoms with Gasteiger partial charge in [0.1, 0.15) is 5.76 Å². The van der Waals surface area contributed by atoms with E-state index in [9.17, 15) is 9.59 Å². The zero-order valence-electron chi connectivity index (χ0n) is 5.59. The van der Waals surface area contributed by atoms with Crippen molar-refractivity contribution in [3.63, 3.8) is 0 Å². The third-order valence-electron chi connectivity index (χ3n) is 1.58. The Morgan fingerprint density at radius 3 is 3.09 bits per heavy atom. The smallest absolute Gasteiger partial charge is 0.410 e. The number of nitrogens with one attached hydrogen (secondary N) is 1. The van der Waals surface area contributed by atoms with Crippen molar-refractivity contribution < 1.29 is 4.42 Å². The van der Waals surface area contributed by atoms with Crippen LogP contribution in [0.3, 0.4) is 0 Å². The molecule has 0 radical (unpaired) electrons. The number of hydrogen-bond acceptors (Lipinski definition) is 3. The van der Waals surface area contributed by atoms with Gasteiger partial charge in [0.05, 0.1) is 5.56 Å². The van der Waals surface area contributed by atoms with Crippen LogP contribution in [-0.2, 0) is 6.42 Å². The standard InChI is InChI=1S/C7H5NO3/c9-6-4-2-1-3-5(4)11-7(10)8-6/h1,3H,2H2,(H,8,9,10). The van der Waals surface area contributed by atoms with Crippen LogP contribution in [-0.4, -0.2) is 4.98 Å². The van der Waals surface area contributed by atoms with Crippen LogP contribution in [0.2, 0.25) is 0 Å². The lowest BCUT2D eigenvalue weighted by Gasteiger charge is -1.91. The molecule has 1 aliphatic rings. The largest absolute Gasteiger partial charge is 0.419 e. The van der Waals surface area contributed by atoms with Gasteiger partial charge in [-0.25, -0.2) is 4.79 Å². The highest BCUT2D eigenvalue weighted by atomic mass is 16.4. The molecule has 11 heavy (non-hydrogen) atoms. The second-order valence-electron chi connectivity index (χ2n) is 2.29. The molecule has 4 heteroatoms. The summed E-state index contributed by atoms with van der Waals surface area (Å²) >= 11 is 0. The first-order valence-corrected chi connectivity index (χ1v) is 3.20. The maximum absolute atomic E-state index is 11.0. The molecule has 0 spiro atoms. The van der Waals surface area contributed by atoms with E-state index >= 15 is 0 Å². The SMILES string of the molecule is O=c1[nH]c(=O)c2c(o1)C=CC2. The van der Waals surface area contributed by atoms with Gasteiger partial charge in [-0.3, -0.25) is 9.78 Å². The van der Waals surface area contributed by atoms with E-state index in [1.165, 1.54) is 0 Å². The van der Waals surface area contributed by atoms with Crippen molar-refractivity contribution >= 4 is 6.08 Å². The second-order valence-corrected chi connectivity index (χ2v) is 2.29. The van der Waals surface area contributed by atoms with E-state index in [1.54, 1.807) is 12.2 Å². The highest BCUT2D eigenvalue weighted by molar-refractivity contribution is 5.52. The van der Waals surface area contributed by atoms with E-state index in [0.29, 0.717) is 17.7 Å². The molecule has 1 N–H and O–H groups in total. The summed E-state index contributed by atoms with van der Waals surface area (Å²) in [4.78, 5) is 23.6. The van der Waals surface area contributed by atoms with Crippen LogP contribution in [0.1, 0.15) is 11.3 Å². The third-order valence-corrected chi connectivity index (χ3v) is 1.58. The molecule has 0 saturated heterocycles. The molecule has 0 fully saturated rings. The molecule has 0 atom stereocenters. The van der Waals surface area contributed by atoms with Gasteiger partial charge in [0.15, 0.2) is 0 Å². The predicted octanol–water partition coefficient (Wildman–Crippen LogP) is -0.103. The van der Waals surface area contributed by atoms with Gasteiger partial charge in [-0.1, -0.05) is 6.08 Å². The molecular weight excluding hydrogens is 146 g/mol. The van der Waals surface area contributed by atoms with Crippen LogP contribution in [0, 0.1) is 0 Å². The number of rotatable bonds is 0. The number of aromatic nitrogens is 1. The number of H-pyrrole nitrogens is 1. The van der Waals surface area contributed by atoms with Gasteiger partial charge < -0.3 is 4.42 Å². The van der Waals surface area contributed by atoms with Crippen LogP contribution >= 0.6 is 0 Å². The molecule has 1 heterocycles. The minimum absolute atomic E-state index is 0.346. The molecule has 2 rings (SSSR count). The van der Waals surface area contributed by atoms with Gasteiger partial charge >= 0.3 is 5.76 Å². The fourth-order valence-electron chi connectivity index (χ4n) is 1.08. The fraction of sp³-hybridized carbons (Fsp3) is 0.143. The van der Waals surface area contributed by atoms with E-state index in [0.717, 1.165) is 0 Å². The maximum Gasteiger partial charge on any atom is 0.419 e. The number of fused-ring (bicyclic) bond motifs is 1. The van der Waals surface area contributed by atoms with E-state index in [2.05, 4.69) is 4.98 Å². The van der Waals surface area contributed by atoms with Gasteiger partial charge in [-0.2, -0.15) is 0 Å². The van der Waals surface area contributed by atoms with E-state index in [4.69, 9.17) is 4.42 Å². The summed E-state index contributed by atoms with van der Waals surface area (Å²) in [5.41, 5.74) is 0.186. The molecule has 0 aliphatic heterocycles. The third kappa shape index (κ3) is 0.832. The molecular formula is C7H5NO3. The van der Waals surface area contributed by atoms with Crippen molar-refractivity contribution in [3.8, 4) is 0 Å². The Morgan fingerprint density at radius 2 is 2.27 bits per heavy atom. The lowest BCUT2D eigenvalue weighted by Crippen LogP contribution is -2.21. The number of hydrogen-bond donors (Lipinski definition) is 1. The summed E-state index contributed by atoms with van der Waals surface area (Å²) in [6.07, 6.45) is 3.96. The van der Waals surface area contributed by atoms with Crippen molar-refractivity contribution in [2.45, 2.75) is 6.42 Å². The monoisotopic (exact) mass is 151 g/mol. The topological polar surface area (TPSA) is 63.1 Å². The Kier molecular flexibility index (Phi) is 1.09. The molecule has 0 saturated carbocycles. The Morgan fingerprint density at radius 1 is 1.45 bits per heavy atom. The Balaban J connectivity index is 2.87. The molecule has 0 aromatic carbocycles. The van der Waals surface area contributed by atoms with Gasteiger partial charge in [0, 0.05) is 0 Å². The van der Waals surface area contributed by atoms with Gasteiger partial charge in [-0.05, 0) is 12.5 Å². The second kappa shape index (κ2) is 1.95. The van der Waals surface area contributed by atoms with Crippen LogP contribution in [0.5, 0.6) is 0 Å². The first-order chi connectivity index (χ1) is 5.27. The summed E-state index contributed by atoms with van der Waals surface area (Å²) in [5.74, 6) is -0.306. The molecule has 0 unspecified atom stereocenters. The van der Waals surface area contributed by atoms with Crippen LogP contribution in [0.15, 0.2) is 20.1 Å². The quantitative estimate of drug-likeness (QED) is 0.563. The van der Waals surface area contributed by atoms with E-state index < -0.39 is 5.76 Å². The Labute approximate surface area is 61.2 Å². The van der Waals surface area contributed by atoms with Crippen LogP contribution in [0.25, 0.3) is 6.08 Å². The van der Waals surface area contributed by atoms with Crippen LogP contribution in [0.4, 0.5) is 0 Å². The van der Waals surface area contributed by atoms with Gasteiger partial charge in [0.25, 0.3) is 5.56 Å². The summed E-state index contributed by atoms with van der Waals surface area (Å²) < 4.78 is 4.70. The average molecular weight is 151 g/mol. The molecule has 4 nitrogen and oxygen atoms in total. The zero-order chi connectivity index (χ0) is 7.84. The molecule has 0 bridgehead atoms. The van der Waals surface area contributed by atoms with Crippen molar-refractivity contribution in [2.24, 2.45) is 0 Å². The maximum atomic E-state index is 11.0. The molecule has 56 valence electrons. The summed E-state index contributed by atoms with van der Waals surface area (Å²) in [6.45, 7) is 0. The lowest BCUT2D eigenvalue weighted by atomic mass is 10.3. The molecule has 0 amide bonds. The first kappa shape index (κ1) is 6.15. The highest BCUT2D eigenvalue weighted by Gasteiger charge is 2.11. The van der Waals surface area contributed by atoms with Crippen molar-refractivity contribution in [1.29, 1.82) is 0 Å². The molecule has 1 aromatic heterocycles. The zero-order valence-corrected chi connectivity index (χ0v) is 5.59. The summed E-state index contributed by atoms with van der Waals surface area (Å²) in [5, 5.41) is 0. The Bertz CT molecular complexity index is 424. The summed E-state index contributed by atoms with van der Waals surface area (Å²) in [7, 11) is 0. The van der Waals surface area contributed by atoms with Crippen LogP contribution < -0.4 is 11.3 Å². The first-order valence-electron chi connectivity index (χ1n) is 3.20. The minimum atomic E-state index is -0.694. The van der Waals surface area contributed by atoms with E-state index in [1.807, 2.05) is 0 Å². The number of allylic oxidation sites excluding steroid dienone is 1. The fourth-order valence-corrected chi connectivity index (χ4v) is 1.08. The van der Waals surface area contributed by atoms with Gasteiger partial charge in [0.2, 0.25) is 0 Å². The van der Waals surface area contributed by atoms with Crippen molar-refractivity contribution in [3.05, 3.63) is 38.3 Å². The normalized spacial score (nSPS) is 13.5.